The van der Waals surface area contributed by atoms with Crippen molar-refractivity contribution in [2.75, 3.05) is 17.2 Å². The molecule has 0 heterocycles. The maximum Gasteiger partial charge on any atom is 0.408 e. The minimum Gasteiger partial charge on any atom is -0.444 e. The SMILES string of the molecule is CC(C)(C)OC(=O)NCC(=O)Nc1ccccc1NC(=O)c1ccccc1F. The average Bonchev–Trinajstić information content (AvgIpc) is 2.60. The molecule has 0 aliphatic rings. The Kier molecular flexibility index (Phi) is 6.70. The van der Waals surface area contributed by atoms with Gasteiger partial charge in [0.1, 0.15) is 18.0 Å². The highest BCUT2D eigenvalue weighted by Crippen LogP contribution is 2.22. The van der Waals surface area contributed by atoms with E-state index in [0.29, 0.717) is 11.4 Å². The Labute approximate surface area is 162 Å². The molecule has 7 nitrogen and oxygen atoms in total. The van der Waals surface area contributed by atoms with Gasteiger partial charge in [-0.15, -0.1) is 0 Å². The number of anilines is 2. The highest BCUT2D eigenvalue weighted by molar-refractivity contribution is 6.07. The fourth-order valence-electron chi connectivity index (χ4n) is 2.20. The van der Waals surface area contributed by atoms with Gasteiger partial charge in [0, 0.05) is 0 Å². The molecule has 2 aromatic rings. The van der Waals surface area contributed by atoms with Crippen molar-refractivity contribution in [2.45, 2.75) is 26.4 Å². The molecule has 2 rings (SSSR count). The maximum absolute atomic E-state index is 13.8. The number of alkyl carbamates (subject to hydrolysis) is 1. The third-order valence-electron chi connectivity index (χ3n) is 3.36. The second-order valence-electron chi connectivity index (χ2n) is 6.88. The predicted octanol–water partition coefficient (Wildman–Crippen LogP) is 3.54. The van der Waals surface area contributed by atoms with Crippen LogP contribution in [-0.4, -0.2) is 30.1 Å². The van der Waals surface area contributed by atoms with Crippen molar-refractivity contribution in [2.24, 2.45) is 0 Å². The quantitative estimate of drug-likeness (QED) is 0.731. The van der Waals surface area contributed by atoms with Crippen LogP contribution in [0.5, 0.6) is 0 Å². The smallest absolute Gasteiger partial charge is 0.408 e. The summed E-state index contributed by atoms with van der Waals surface area (Å²) in [5, 5.41) is 7.49. The monoisotopic (exact) mass is 387 g/mol. The van der Waals surface area contributed by atoms with Gasteiger partial charge in [-0.25, -0.2) is 9.18 Å². The van der Waals surface area contributed by atoms with Gasteiger partial charge in [0.25, 0.3) is 5.91 Å². The number of ether oxygens (including phenoxy) is 1. The second-order valence-corrected chi connectivity index (χ2v) is 6.88. The third-order valence-corrected chi connectivity index (χ3v) is 3.36. The standard InChI is InChI=1S/C20H22FN3O4/c1-20(2,3)28-19(27)22-12-17(25)23-15-10-6-7-11-16(15)24-18(26)13-8-4-5-9-14(13)21/h4-11H,12H2,1-3H3,(H,22,27)(H,23,25)(H,24,26). The van der Waals surface area contributed by atoms with E-state index in [2.05, 4.69) is 16.0 Å². The molecule has 3 amide bonds. The Morgan fingerprint density at radius 3 is 2.11 bits per heavy atom. The predicted molar refractivity (Wildman–Crippen MR) is 104 cm³/mol. The number of carbonyl (C=O) groups is 3. The molecule has 0 aliphatic heterocycles. The molecule has 2 aromatic carbocycles. The molecule has 0 bridgehead atoms. The average molecular weight is 387 g/mol. The Hall–Kier alpha value is -3.42. The zero-order valence-corrected chi connectivity index (χ0v) is 15.8. The van der Waals surface area contributed by atoms with E-state index < -0.39 is 29.3 Å². The Balaban J connectivity index is 2.00. The van der Waals surface area contributed by atoms with E-state index in [0.717, 1.165) is 0 Å². The molecule has 8 heteroatoms. The first-order valence-electron chi connectivity index (χ1n) is 8.57. The first-order chi connectivity index (χ1) is 13.2. The van der Waals surface area contributed by atoms with Crippen LogP contribution in [0.25, 0.3) is 0 Å². The van der Waals surface area contributed by atoms with Crippen molar-refractivity contribution in [3.63, 3.8) is 0 Å². The summed E-state index contributed by atoms with van der Waals surface area (Å²) in [6.45, 7) is 4.81. The number of amides is 3. The van der Waals surface area contributed by atoms with Crippen molar-refractivity contribution in [3.05, 3.63) is 59.9 Å². The molecule has 0 spiro atoms. The van der Waals surface area contributed by atoms with E-state index in [4.69, 9.17) is 4.74 Å². The number of hydrogen-bond acceptors (Lipinski definition) is 4. The first kappa shape index (κ1) is 20.9. The van der Waals surface area contributed by atoms with Gasteiger partial charge >= 0.3 is 6.09 Å². The molecule has 28 heavy (non-hydrogen) atoms. The van der Waals surface area contributed by atoms with Gasteiger partial charge < -0.3 is 20.7 Å². The van der Waals surface area contributed by atoms with Crippen LogP contribution in [0.4, 0.5) is 20.6 Å². The van der Waals surface area contributed by atoms with Gasteiger partial charge in [0.2, 0.25) is 5.91 Å². The van der Waals surface area contributed by atoms with Crippen LogP contribution in [0.2, 0.25) is 0 Å². The summed E-state index contributed by atoms with van der Waals surface area (Å²) in [7, 11) is 0. The summed E-state index contributed by atoms with van der Waals surface area (Å²) < 4.78 is 18.8. The number of para-hydroxylation sites is 2. The largest absolute Gasteiger partial charge is 0.444 e. The number of benzene rings is 2. The number of rotatable bonds is 5. The Bertz CT molecular complexity index is 878. The fourth-order valence-corrected chi connectivity index (χ4v) is 2.20. The summed E-state index contributed by atoms with van der Waals surface area (Å²) >= 11 is 0. The summed E-state index contributed by atoms with van der Waals surface area (Å²) in [4.78, 5) is 36.0. The molecule has 0 atom stereocenters. The topological polar surface area (TPSA) is 96.5 Å². The summed E-state index contributed by atoms with van der Waals surface area (Å²) in [6.07, 6.45) is -0.719. The van der Waals surface area contributed by atoms with Crippen molar-refractivity contribution in [3.8, 4) is 0 Å². The number of nitrogens with one attached hydrogen (secondary N) is 3. The molecule has 0 fully saturated rings. The lowest BCUT2D eigenvalue weighted by molar-refractivity contribution is -0.115. The van der Waals surface area contributed by atoms with Crippen LogP contribution in [0.15, 0.2) is 48.5 Å². The Morgan fingerprint density at radius 1 is 0.929 bits per heavy atom. The molecule has 0 saturated heterocycles. The van der Waals surface area contributed by atoms with Gasteiger partial charge in [0.15, 0.2) is 0 Å². The molecule has 0 aromatic heterocycles. The number of hydrogen-bond donors (Lipinski definition) is 3. The lowest BCUT2D eigenvalue weighted by Crippen LogP contribution is -2.37. The maximum atomic E-state index is 13.8. The van der Waals surface area contributed by atoms with Gasteiger partial charge in [-0.1, -0.05) is 24.3 Å². The molecular weight excluding hydrogens is 365 g/mol. The van der Waals surface area contributed by atoms with Gasteiger partial charge in [-0.05, 0) is 45.0 Å². The van der Waals surface area contributed by atoms with E-state index in [9.17, 15) is 18.8 Å². The van der Waals surface area contributed by atoms with Crippen molar-refractivity contribution >= 4 is 29.3 Å². The molecule has 148 valence electrons. The molecule has 0 unspecified atom stereocenters. The third kappa shape index (κ3) is 6.39. The lowest BCUT2D eigenvalue weighted by atomic mass is 10.2. The van der Waals surface area contributed by atoms with Crippen LogP contribution in [0.1, 0.15) is 31.1 Å². The summed E-state index contributed by atoms with van der Waals surface area (Å²) in [5.41, 5.74) is -0.191. The van der Waals surface area contributed by atoms with Crippen molar-refractivity contribution in [1.82, 2.24) is 5.32 Å². The van der Waals surface area contributed by atoms with E-state index in [1.165, 1.54) is 18.2 Å². The molecule has 0 radical (unpaired) electrons. The van der Waals surface area contributed by atoms with Gasteiger partial charge in [-0.3, -0.25) is 9.59 Å². The first-order valence-corrected chi connectivity index (χ1v) is 8.57. The van der Waals surface area contributed by atoms with Crippen LogP contribution >= 0.6 is 0 Å². The summed E-state index contributed by atoms with van der Waals surface area (Å²) in [5.74, 6) is -1.81. The number of halogens is 1. The van der Waals surface area contributed by atoms with Crippen LogP contribution in [0.3, 0.4) is 0 Å². The fraction of sp³-hybridized carbons (Fsp3) is 0.250. The zero-order valence-electron chi connectivity index (χ0n) is 15.8. The number of carbonyl (C=O) groups excluding carboxylic acids is 3. The zero-order chi connectivity index (χ0) is 20.7. The lowest BCUT2D eigenvalue weighted by Gasteiger charge is -2.19. The van der Waals surface area contributed by atoms with Gasteiger partial charge in [-0.2, -0.15) is 0 Å². The van der Waals surface area contributed by atoms with Gasteiger partial charge in [0.05, 0.1) is 16.9 Å². The molecular formula is C20H22FN3O4. The summed E-state index contributed by atoms with van der Waals surface area (Å²) in [6, 6.07) is 12.0. The highest BCUT2D eigenvalue weighted by Gasteiger charge is 2.17. The molecule has 0 saturated carbocycles. The minimum atomic E-state index is -0.719. The highest BCUT2D eigenvalue weighted by atomic mass is 19.1. The minimum absolute atomic E-state index is 0.116. The van der Waals surface area contributed by atoms with E-state index >= 15 is 0 Å². The van der Waals surface area contributed by atoms with Crippen LogP contribution < -0.4 is 16.0 Å². The van der Waals surface area contributed by atoms with E-state index in [-0.39, 0.29) is 12.1 Å². The van der Waals surface area contributed by atoms with E-state index in [1.54, 1.807) is 51.1 Å². The van der Waals surface area contributed by atoms with E-state index in [1.807, 2.05) is 0 Å². The van der Waals surface area contributed by atoms with Crippen LogP contribution in [-0.2, 0) is 9.53 Å². The second kappa shape index (κ2) is 8.98. The van der Waals surface area contributed by atoms with Crippen molar-refractivity contribution in [1.29, 1.82) is 0 Å². The molecule has 0 aliphatic carbocycles. The van der Waals surface area contributed by atoms with Crippen LogP contribution in [0, 0.1) is 5.82 Å². The molecule has 3 N–H and O–H groups in total. The van der Waals surface area contributed by atoms with Crippen molar-refractivity contribution < 1.29 is 23.5 Å². The normalized spacial score (nSPS) is 10.7. The Morgan fingerprint density at radius 2 is 1.50 bits per heavy atom.